The third-order valence-corrected chi connectivity index (χ3v) is 5.55. The van der Waals surface area contributed by atoms with E-state index in [1.807, 2.05) is 28.9 Å². The maximum atomic E-state index is 13.0. The third-order valence-electron chi connectivity index (χ3n) is 5.55. The van der Waals surface area contributed by atoms with E-state index < -0.39 is 11.9 Å². The van der Waals surface area contributed by atoms with Crippen LogP contribution in [0.3, 0.4) is 0 Å². The summed E-state index contributed by atoms with van der Waals surface area (Å²) in [6.07, 6.45) is 1.58. The number of carbonyl (C=O) groups is 1. The van der Waals surface area contributed by atoms with Gasteiger partial charge in [-0.05, 0) is 43.7 Å². The Bertz CT molecular complexity index is 1060. The van der Waals surface area contributed by atoms with E-state index in [-0.39, 0.29) is 5.91 Å². The molecule has 1 amide bonds. The molecule has 3 aromatic rings. The number of benzene rings is 1. The predicted molar refractivity (Wildman–Crippen MR) is 112 cm³/mol. The number of halogens is 3. The van der Waals surface area contributed by atoms with Crippen LogP contribution in [0.4, 0.5) is 13.2 Å². The zero-order chi connectivity index (χ0) is 22.7. The smallest absolute Gasteiger partial charge is 0.337 e. The lowest BCUT2D eigenvalue weighted by atomic mass is 10.1. The average molecular weight is 446 g/mol. The summed E-state index contributed by atoms with van der Waals surface area (Å²) in [5.41, 5.74) is 1.18. The van der Waals surface area contributed by atoms with Crippen LogP contribution in [0, 0.1) is 0 Å². The standard InChI is InChI=1S/C22H25F3N6O/c1-2-30-16-17(14-26-30)15-28-9-3-10-29(13-12-28)21(32)18-4-6-19(7-5-18)31-11-8-20(27-31)22(23,24)25/h4-8,11,14,16H,2-3,9-10,12-13,15H2,1H3. The molecule has 10 heteroatoms. The molecule has 7 nitrogen and oxygen atoms in total. The van der Waals surface area contributed by atoms with Gasteiger partial charge in [-0.3, -0.25) is 14.4 Å². The summed E-state index contributed by atoms with van der Waals surface area (Å²) in [5, 5.41) is 7.88. The largest absolute Gasteiger partial charge is 0.435 e. The molecule has 0 bridgehead atoms. The lowest BCUT2D eigenvalue weighted by Gasteiger charge is -2.22. The molecule has 1 aromatic carbocycles. The molecular formula is C22H25F3N6O. The molecule has 1 saturated heterocycles. The Morgan fingerprint density at radius 3 is 2.50 bits per heavy atom. The SMILES string of the molecule is CCn1cc(CN2CCCN(C(=O)c3ccc(-n4ccc(C(F)(F)F)n4)cc3)CC2)cn1. The molecule has 1 aliphatic rings. The number of hydrogen-bond acceptors (Lipinski definition) is 4. The van der Waals surface area contributed by atoms with Gasteiger partial charge in [-0.25, -0.2) is 4.68 Å². The Labute approximate surface area is 184 Å². The molecular weight excluding hydrogens is 421 g/mol. The molecule has 0 atom stereocenters. The Morgan fingerprint density at radius 1 is 1.06 bits per heavy atom. The predicted octanol–water partition coefficient (Wildman–Crippen LogP) is 3.46. The third kappa shape index (κ3) is 5.01. The Hall–Kier alpha value is -3.14. The number of carbonyl (C=O) groups excluding carboxylic acids is 1. The molecule has 2 aromatic heterocycles. The van der Waals surface area contributed by atoms with E-state index >= 15 is 0 Å². The van der Waals surface area contributed by atoms with Crippen molar-refractivity contribution < 1.29 is 18.0 Å². The zero-order valence-electron chi connectivity index (χ0n) is 17.8. The first-order valence-corrected chi connectivity index (χ1v) is 10.6. The Morgan fingerprint density at radius 2 is 1.84 bits per heavy atom. The number of rotatable bonds is 5. The van der Waals surface area contributed by atoms with Crippen LogP contribution in [0.15, 0.2) is 48.9 Å². The molecule has 32 heavy (non-hydrogen) atoms. The van der Waals surface area contributed by atoms with E-state index in [2.05, 4.69) is 15.1 Å². The molecule has 0 unspecified atom stereocenters. The summed E-state index contributed by atoms with van der Waals surface area (Å²) < 4.78 is 41.3. The van der Waals surface area contributed by atoms with Crippen LogP contribution >= 0.6 is 0 Å². The van der Waals surface area contributed by atoms with Gasteiger partial charge >= 0.3 is 6.18 Å². The van der Waals surface area contributed by atoms with Gasteiger partial charge in [0.2, 0.25) is 0 Å². The van der Waals surface area contributed by atoms with Crippen molar-refractivity contribution in [2.75, 3.05) is 26.2 Å². The van der Waals surface area contributed by atoms with Crippen molar-refractivity contribution in [1.82, 2.24) is 29.4 Å². The lowest BCUT2D eigenvalue weighted by molar-refractivity contribution is -0.141. The van der Waals surface area contributed by atoms with E-state index in [4.69, 9.17) is 0 Å². The van der Waals surface area contributed by atoms with Crippen molar-refractivity contribution in [2.24, 2.45) is 0 Å². The van der Waals surface area contributed by atoms with Gasteiger partial charge in [0.05, 0.1) is 11.9 Å². The van der Waals surface area contributed by atoms with Crippen molar-refractivity contribution in [2.45, 2.75) is 32.6 Å². The fraction of sp³-hybridized carbons (Fsp3) is 0.409. The molecule has 0 spiro atoms. The van der Waals surface area contributed by atoms with Crippen molar-refractivity contribution >= 4 is 5.91 Å². The topological polar surface area (TPSA) is 59.2 Å². The number of aromatic nitrogens is 4. The first-order chi connectivity index (χ1) is 15.3. The van der Waals surface area contributed by atoms with Gasteiger partial charge in [0, 0.05) is 62.8 Å². The van der Waals surface area contributed by atoms with E-state index in [9.17, 15) is 18.0 Å². The van der Waals surface area contributed by atoms with Gasteiger partial charge in [-0.2, -0.15) is 23.4 Å². The summed E-state index contributed by atoms with van der Waals surface area (Å²) in [7, 11) is 0. The minimum atomic E-state index is -4.49. The van der Waals surface area contributed by atoms with Gasteiger partial charge in [-0.1, -0.05) is 0 Å². The van der Waals surface area contributed by atoms with Crippen LogP contribution < -0.4 is 0 Å². The van der Waals surface area contributed by atoms with Crippen molar-refractivity contribution in [3.63, 3.8) is 0 Å². The fourth-order valence-corrected chi connectivity index (χ4v) is 3.81. The van der Waals surface area contributed by atoms with Crippen molar-refractivity contribution in [3.05, 3.63) is 65.7 Å². The highest BCUT2D eigenvalue weighted by Gasteiger charge is 2.33. The Balaban J connectivity index is 1.37. The van der Waals surface area contributed by atoms with Crippen molar-refractivity contribution in [1.29, 1.82) is 0 Å². The molecule has 1 aliphatic heterocycles. The maximum Gasteiger partial charge on any atom is 0.435 e. The van der Waals surface area contributed by atoms with Gasteiger partial charge < -0.3 is 4.90 Å². The minimum Gasteiger partial charge on any atom is -0.337 e. The van der Waals surface area contributed by atoms with Crippen LogP contribution in [0.25, 0.3) is 5.69 Å². The number of hydrogen-bond donors (Lipinski definition) is 0. The fourth-order valence-electron chi connectivity index (χ4n) is 3.81. The molecule has 1 fully saturated rings. The van der Waals surface area contributed by atoms with Crippen LogP contribution in [0.2, 0.25) is 0 Å². The lowest BCUT2D eigenvalue weighted by Crippen LogP contribution is -2.35. The highest BCUT2D eigenvalue weighted by molar-refractivity contribution is 5.94. The van der Waals surface area contributed by atoms with Crippen LogP contribution in [-0.4, -0.2) is 61.4 Å². The summed E-state index contributed by atoms with van der Waals surface area (Å²) >= 11 is 0. The van der Waals surface area contributed by atoms with Gasteiger partial charge in [0.25, 0.3) is 5.91 Å². The van der Waals surface area contributed by atoms with Gasteiger partial charge in [0.1, 0.15) is 0 Å². The number of amides is 1. The number of aryl methyl sites for hydroxylation is 1. The molecule has 0 N–H and O–H groups in total. The molecule has 0 radical (unpaired) electrons. The summed E-state index contributed by atoms with van der Waals surface area (Å²) in [4.78, 5) is 17.1. The second-order valence-electron chi connectivity index (χ2n) is 7.82. The quantitative estimate of drug-likeness (QED) is 0.603. The normalized spacial score (nSPS) is 15.7. The maximum absolute atomic E-state index is 13.0. The molecule has 4 rings (SSSR count). The first kappa shape index (κ1) is 22.1. The van der Waals surface area contributed by atoms with E-state index in [0.717, 1.165) is 48.9 Å². The molecule has 0 aliphatic carbocycles. The second kappa shape index (κ2) is 9.15. The van der Waals surface area contributed by atoms with E-state index in [1.54, 1.807) is 24.3 Å². The molecule has 170 valence electrons. The highest BCUT2D eigenvalue weighted by atomic mass is 19.4. The Kier molecular flexibility index (Phi) is 6.31. The summed E-state index contributed by atoms with van der Waals surface area (Å²) in [6, 6.07) is 7.41. The van der Waals surface area contributed by atoms with Crippen LogP contribution in [-0.2, 0) is 19.3 Å². The van der Waals surface area contributed by atoms with Crippen LogP contribution in [0.1, 0.15) is 35.0 Å². The summed E-state index contributed by atoms with van der Waals surface area (Å²) in [6.45, 7) is 6.66. The zero-order valence-corrected chi connectivity index (χ0v) is 17.8. The van der Waals surface area contributed by atoms with Crippen molar-refractivity contribution in [3.8, 4) is 5.69 Å². The van der Waals surface area contributed by atoms with E-state index in [0.29, 0.717) is 24.3 Å². The molecule has 0 saturated carbocycles. The first-order valence-electron chi connectivity index (χ1n) is 10.6. The van der Waals surface area contributed by atoms with Gasteiger partial charge in [0.15, 0.2) is 5.69 Å². The minimum absolute atomic E-state index is 0.0753. The van der Waals surface area contributed by atoms with Crippen LogP contribution in [0.5, 0.6) is 0 Å². The number of nitrogens with zero attached hydrogens (tertiary/aromatic N) is 6. The van der Waals surface area contributed by atoms with E-state index in [1.165, 1.54) is 6.20 Å². The second-order valence-corrected chi connectivity index (χ2v) is 7.82. The average Bonchev–Trinajstić information content (AvgIpc) is 3.39. The highest BCUT2D eigenvalue weighted by Crippen LogP contribution is 2.28. The monoisotopic (exact) mass is 446 g/mol. The molecule has 3 heterocycles. The number of alkyl halides is 3. The van der Waals surface area contributed by atoms with Gasteiger partial charge in [-0.15, -0.1) is 0 Å². The summed E-state index contributed by atoms with van der Waals surface area (Å²) in [5.74, 6) is -0.0753.